The van der Waals surface area contributed by atoms with Crippen LogP contribution in [0.1, 0.15) is 0 Å². The first-order valence-corrected chi connectivity index (χ1v) is 3.91. The maximum atomic E-state index is 5.49. The van der Waals surface area contributed by atoms with Crippen molar-refractivity contribution in [3.63, 3.8) is 0 Å². The van der Waals surface area contributed by atoms with Crippen LogP contribution in [0.4, 0.5) is 0 Å². The monoisotopic (exact) mass is 164 g/mol. The minimum Gasteiger partial charge on any atom is -0.475 e. The molecular formula is C10H14NO. The van der Waals surface area contributed by atoms with Crippen LogP contribution in [0.15, 0.2) is 30.3 Å². The van der Waals surface area contributed by atoms with E-state index in [1.165, 1.54) is 0 Å². The van der Waals surface area contributed by atoms with E-state index in [-0.39, 0.29) is 6.23 Å². The lowest BCUT2D eigenvalue weighted by molar-refractivity contribution is 0.105. The van der Waals surface area contributed by atoms with Crippen LogP contribution in [0.25, 0.3) is 0 Å². The van der Waals surface area contributed by atoms with Gasteiger partial charge < -0.3 is 4.74 Å². The summed E-state index contributed by atoms with van der Waals surface area (Å²) in [6, 6.07) is 9.68. The average molecular weight is 164 g/mol. The van der Waals surface area contributed by atoms with Crippen LogP contribution >= 0.6 is 0 Å². The molecule has 12 heavy (non-hydrogen) atoms. The van der Waals surface area contributed by atoms with Gasteiger partial charge in [-0.2, -0.15) is 0 Å². The first kappa shape index (κ1) is 9.07. The van der Waals surface area contributed by atoms with Crippen LogP contribution in [0.2, 0.25) is 0 Å². The second-order valence-electron chi connectivity index (χ2n) is 2.85. The van der Waals surface area contributed by atoms with Crippen molar-refractivity contribution in [2.45, 2.75) is 6.23 Å². The molecule has 1 unspecified atom stereocenters. The van der Waals surface area contributed by atoms with Gasteiger partial charge in [-0.3, -0.25) is 4.90 Å². The van der Waals surface area contributed by atoms with Gasteiger partial charge in [-0.15, -0.1) is 0 Å². The van der Waals surface area contributed by atoms with Crippen molar-refractivity contribution in [2.75, 3.05) is 14.1 Å². The van der Waals surface area contributed by atoms with Gasteiger partial charge in [0.25, 0.3) is 0 Å². The number of nitrogens with zero attached hydrogens (tertiary/aromatic N) is 1. The molecule has 0 spiro atoms. The molecule has 65 valence electrons. The highest BCUT2D eigenvalue weighted by Gasteiger charge is 2.04. The average Bonchev–Trinajstić information content (AvgIpc) is 2.06. The summed E-state index contributed by atoms with van der Waals surface area (Å²) in [4.78, 5) is 1.91. The van der Waals surface area contributed by atoms with E-state index in [9.17, 15) is 0 Å². The molecule has 0 aliphatic carbocycles. The van der Waals surface area contributed by atoms with E-state index in [1.54, 1.807) is 0 Å². The van der Waals surface area contributed by atoms with E-state index >= 15 is 0 Å². The molecule has 0 aliphatic rings. The Morgan fingerprint density at radius 1 is 1.25 bits per heavy atom. The van der Waals surface area contributed by atoms with Crippen molar-refractivity contribution >= 4 is 0 Å². The lowest BCUT2D eigenvalue weighted by atomic mass is 10.3. The van der Waals surface area contributed by atoms with Crippen LogP contribution < -0.4 is 4.74 Å². The van der Waals surface area contributed by atoms with Gasteiger partial charge in [-0.05, 0) is 26.2 Å². The molecular weight excluding hydrogens is 150 g/mol. The summed E-state index contributed by atoms with van der Waals surface area (Å²) < 4.78 is 5.49. The van der Waals surface area contributed by atoms with E-state index in [0.29, 0.717) is 0 Å². The van der Waals surface area contributed by atoms with Crippen LogP contribution in [0.3, 0.4) is 0 Å². The molecule has 0 aromatic heterocycles. The highest BCUT2D eigenvalue weighted by molar-refractivity contribution is 5.21. The second kappa shape index (κ2) is 4.12. The Bertz CT molecular complexity index is 221. The Labute approximate surface area is 73.8 Å². The molecule has 1 radical (unpaired) electrons. The van der Waals surface area contributed by atoms with Crippen molar-refractivity contribution in [3.05, 3.63) is 37.3 Å². The van der Waals surface area contributed by atoms with Crippen LogP contribution in [0.5, 0.6) is 5.75 Å². The van der Waals surface area contributed by atoms with Gasteiger partial charge in [-0.25, -0.2) is 0 Å². The molecule has 0 amide bonds. The molecule has 0 bridgehead atoms. The third-order valence-corrected chi connectivity index (χ3v) is 1.59. The summed E-state index contributed by atoms with van der Waals surface area (Å²) in [5.41, 5.74) is 0. The van der Waals surface area contributed by atoms with Crippen LogP contribution in [-0.2, 0) is 0 Å². The lowest BCUT2D eigenvalue weighted by Gasteiger charge is -2.20. The van der Waals surface area contributed by atoms with Gasteiger partial charge in [0.1, 0.15) is 5.75 Å². The zero-order valence-electron chi connectivity index (χ0n) is 7.53. The van der Waals surface area contributed by atoms with E-state index < -0.39 is 0 Å². The first-order valence-electron chi connectivity index (χ1n) is 3.91. The quantitative estimate of drug-likeness (QED) is 0.631. The predicted molar refractivity (Wildman–Crippen MR) is 49.9 cm³/mol. The topological polar surface area (TPSA) is 12.5 Å². The van der Waals surface area contributed by atoms with Crippen LogP contribution in [0, 0.1) is 6.92 Å². The minimum absolute atomic E-state index is 0.132. The second-order valence-corrected chi connectivity index (χ2v) is 2.85. The number of ether oxygens (including phenoxy) is 1. The highest BCUT2D eigenvalue weighted by Crippen LogP contribution is 2.10. The molecule has 0 fully saturated rings. The molecule has 0 N–H and O–H groups in total. The van der Waals surface area contributed by atoms with Crippen molar-refractivity contribution in [3.8, 4) is 5.75 Å². The summed E-state index contributed by atoms with van der Waals surface area (Å²) in [6.07, 6.45) is -0.132. The van der Waals surface area contributed by atoms with Gasteiger partial charge in [0.15, 0.2) is 6.23 Å². The number of para-hydroxylation sites is 1. The fourth-order valence-corrected chi connectivity index (χ4v) is 0.762. The number of hydrogen-bond donors (Lipinski definition) is 0. The van der Waals surface area contributed by atoms with Gasteiger partial charge in [-0.1, -0.05) is 18.2 Å². The fourth-order valence-electron chi connectivity index (χ4n) is 0.762. The van der Waals surface area contributed by atoms with Gasteiger partial charge in [0.05, 0.1) is 0 Å². The molecule has 2 heteroatoms. The van der Waals surface area contributed by atoms with Crippen molar-refractivity contribution in [1.29, 1.82) is 0 Å². The van der Waals surface area contributed by atoms with E-state index in [1.807, 2.05) is 49.3 Å². The normalized spacial score (nSPS) is 13.0. The Morgan fingerprint density at radius 2 is 1.83 bits per heavy atom. The predicted octanol–water partition coefficient (Wildman–Crippen LogP) is 1.79. The molecule has 2 nitrogen and oxygen atoms in total. The zero-order chi connectivity index (χ0) is 8.97. The summed E-state index contributed by atoms with van der Waals surface area (Å²) in [7, 11) is 3.86. The molecule has 0 saturated heterocycles. The summed E-state index contributed by atoms with van der Waals surface area (Å²) >= 11 is 0. The molecule has 1 aromatic rings. The summed E-state index contributed by atoms with van der Waals surface area (Å²) in [5, 5.41) is 0. The first-order chi connectivity index (χ1) is 5.70. The Morgan fingerprint density at radius 3 is 2.33 bits per heavy atom. The van der Waals surface area contributed by atoms with Crippen LogP contribution in [-0.4, -0.2) is 25.2 Å². The van der Waals surface area contributed by atoms with Crippen molar-refractivity contribution in [2.24, 2.45) is 0 Å². The molecule has 0 aliphatic heterocycles. The fraction of sp³-hybridized carbons (Fsp3) is 0.300. The number of benzene rings is 1. The third kappa shape index (κ3) is 2.55. The zero-order valence-corrected chi connectivity index (χ0v) is 7.53. The maximum absolute atomic E-state index is 5.49. The largest absolute Gasteiger partial charge is 0.475 e. The maximum Gasteiger partial charge on any atom is 0.152 e. The summed E-state index contributed by atoms with van der Waals surface area (Å²) in [5.74, 6) is 0.853. The molecule has 1 aromatic carbocycles. The SMILES string of the molecule is [CH2]C(Oc1ccccc1)N(C)C. The van der Waals surface area contributed by atoms with Gasteiger partial charge in [0, 0.05) is 6.92 Å². The van der Waals surface area contributed by atoms with E-state index in [2.05, 4.69) is 6.92 Å². The van der Waals surface area contributed by atoms with E-state index in [4.69, 9.17) is 4.74 Å². The van der Waals surface area contributed by atoms with Gasteiger partial charge >= 0.3 is 0 Å². The Hall–Kier alpha value is -1.02. The molecule has 0 saturated carbocycles. The Kier molecular flexibility index (Phi) is 3.11. The lowest BCUT2D eigenvalue weighted by Crippen LogP contribution is -2.30. The summed E-state index contributed by atoms with van der Waals surface area (Å²) in [6.45, 7) is 3.84. The van der Waals surface area contributed by atoms with Crippen molar-refractivity contribution in [1.82, 2.24) is 4.90 Å². The van der Waals surface area contributed by atoms with Crippen molar-refractivity contribution < 1.29 is 4.74 Å². The van der Waals surface area contributed by atoms with Gasteiger partial charge in [0.2, 0.25) is 0 Å². The Balaban J connectivity index is 2.53. The standard InChI is InChI=1S/C10H14NO/c1-9(11(2)3)12-10-7-5-4-6-8-10/h4-9H,1H2,2-3H3. The molecule has 1 rings (SSSR count). The third-order valence-electron chi connectivity index (χ3n) is 1.59. The number of hydrogen-bond acceptors (Lipinski definition) is 2. The smallest absolute Gasteiger partial charge is 0.152 e. The minimum atomic E-state index is -0.132. The van der Waals surface area contributed by atoms with E-state index in [0.717, 1.165) is 5.75 Å². The molecule has 0 heterocycles. The highest BCUT2D eigenvalue weighted by atomic mass is 16.5. The number of rotatable bonds is 3. The molecule has 1 atom stereocenters.